The molecular weight excluding hydrogens is 312 g/mol. The number of carbonyl (C=O) groups excluding carboxylic acids is 1. The smallest absolute Gasteiger partial charge is 0.252 e. The van der Waals surface area contributed by atoms with E-state index in [1.54, 1.807) is 6.07 Å². The molecule has 1 N–H and O–H groups in total. The van der Waals surface area contributed by atoms with Crippen molar-refractivity contribution in [3.05, 3.63) is 34.3 Å². The summed E-state index contributed by atoms with van der Waals surface area (Å²) < 4.78 is 0.896. The van der Waals surface area contributed by atoms with Crippen molar-refractivity contribution in [1.82, 2.24) is 5.32 Å². The molecule has 0 saturated carbocycles. The quantitative estimate of drug-likeness (QED) is 0.672. The zero-order valence-electron chi connectivity index (χ0n) is 7.81. The van der Waals surface area contributed by atoms with Gasteiger partial charge in [-0.1, -0.05) is 46.3 Å². The molecular formula is C10H11ClINO. The van der Waals surface area contributed by atoms with Crippen molar-refractivity contribution < 1.29 is 4.79 Å². The molecule has 0 aromatic heterocycles. The SMILES string of the molecule is Cc1cccc(C(=O)NCCI)c1Cl. The zero-order chi connectivity index (χ0) is 10.6. The van der Waals surface area contributed by atoms with E-state index in [-0.39, 0.29) is 5.91 Å². The molecule has 0 aliphatic carbocycles. The lowest BCUT2D eigenvalue weighted by Gasteiger charge is -2.06. The minimum atomic E-state index is -0.102. The lowest BCUT2D eigenvalue weighted by molar-refractivity contribution is 0.0956. The lowest BCUT2D eigenvalue weighted by atomic mass is 10.1. The van der Waals surface area contributed by atoms with Crippen LogP contribution in [-0.4, -0.2) is 16.9 Å². The second-order valence-corrected chi connectivity index (χ2v) is 4.34. The molecule has 1 rings (SSSR count). The zero-order valence-corrected chi connectivity index (χ0v) is 10.7. The maximum absolute atomic E-state index is 11.6. The van der Waals surface area contributed by atoms with Crippen LogP contribution >= 0.6 is 34.2 Å². The molecule has 0 spiro atoms. The molecule has 0 atom stereocenters. The first-order valence-corrected chi connectivity index (χ1v) is 6.16. The third kappa shape index (κ3) is 2.85. The number of hydrogen-bond donors (Lipinski definition) is 1. The van der Waals surface area contributed by atoms with E-state index in [1.807, 2.05) is 19.1 Å². The Hall–Kier alpha value is -0.290. The van der Waals surface area contributed by atoms with Gasteiger partial charge in [0.05, 0.1) is 10.6 Å². The molecule has 2 nitrogen and oxygen atoms in total. The molecule has 0 radical (unpaired) electrons. The van der Waals surface area contributed by atoms with E-state index in [2.05, 4.69) is 27.9 Å². The van der Waals surface area contributed by atoms with Crippen LogP contribution in [0.4, 0.5) is 0 Å². The van der Waals surface area contributed by atoms with Gasteiger partial charge in [0.1, 0.15) is 0 Å². The molecule has 0 heterocycles. The van der Waals surface area contributed by atoms with Crippen molar-refractivity contribution in [1.29, 1.82) is 0 Å². The van der Waals surface area contributed by atoms with Crippen LogP contribution < -0.4 is 5.32 Å². The van der Waals surface area contributed by atoms with E-state index in [4.69, 9.17) is 11.6 Å². The molecule has 1 aromatic carbocycles. The minimum Gasteiger partial charge on any atom is -0.351 e. The summed E-state index contributed by atoms with van der Waals surface area (Å²) in [6.07, 6.45) is 0. The molecule has 0 saturated heterocycles. The third-order valence-corrected chi connectivity index (χ3v) is 2.86. The van der Waals surface area contributed by atoms with Gasteiger partial charge >= 0.3 is 0 Å². The third-order valence-electron chi connectivity index (χ3n) is 1.82. The number of alkyl halides is 1. The number of nitrogens with one attached hydrogen (secondary N) is 1. The highest BCUT2D eigenvalue weighted by atomic mass is 127. The second kappa shape index (κ2) is 5.56. The van der Waals surface area contributed by atoms with Crippen molar-refractivity contribution >= 4 is 40.1 Å². The van der Waals surface area contributed by atoms with E-state index >= 15 is 0 Å². The first kappa shape index (κ1) is 11.8. The predicted octanol–water partition coefficient (Wildman–Crippen LogP) is 2.81. The molecule has 76 valence electrons. The Morgan fingerprint density at radius 1 is 1.57 bits per heavy atom. The van der Waals surface area contributed by atoms with Crippen LogP contribution in [0, 0.1) is 6.92 Å². The number of amides is 1. The van der Waals surface area contributed by atoms with Crippen LogP contribution in [0.3, 0.4) is 0 Å². The van der Waals surface area contributed by atoms with Gasteiger partial charge in [-0.3, -0.25) is 4.79 Å². The van der Waals surface area contributed by atoms with Gasteiger partial charge in [-0.25, -0.2) is 0 Å². The Balaban J connectivity index is 2.84. The first-order valence-electron chi connectivity index (χ1n) is 4.26. The van der Waals surface area contributed by atoms with Crippen molar-refractivity contribution in [2.24, 2.45) is 0 Å². The second-order valence-electron chi connectivity index (χ2n) is 2.88. The first-order chi connectivity index (χ1) is 6.66. The molecule has 0 aliphatic rings. The van der Waals surface area contributed by atoms with Gasteiger partial charge in [-0.05, 0) is 18.6 Å². The largest absolute Gasteiger partial charge is 0.351 e. The van der Waals surface area contributed by atoms with E-state index < -0.39 is 0 Å². The predicted molar refractivity (Wildman–Crippen MR) is 67.4 cm³/mol. The maximum Gasteiger partial charge on any atom is 0.252 e. The van der Waals surface area contributed by atoms with Gasteiger partial charge in [0.25, 0.3) is 5.91 Å². The Morgan fingerprint density at radius 2 is 2.29 bits per heavy atom. The fourth-order valence-corrected chi connectivity index (χ4v) is 1.56. The highest BCUT2D eigenvalue weighted by molar-refractivity contribution is 14.1. The summed E-state index contributed by atoms with van der Waals surface area (Å²) in [6, 6.07) is 5.45. The van der Waals surface area contributed by atoms with Crippen molar-refractivity contribution in [2.45, 2.75) is 6.92 Å². The molecule has 14 heavy (non-hydrogen) atoms. The molecule has 0 bridgehead atoms. The molecule has 0 fully saturated rings. The van der Waals surface area contributed by atoms with Gasteiger partial charge in [0, 0.05) is 11.0 Å². The Morgan fingerprint density at radius 3 is 2.93 bits per heavy atom. The number of rotatable bonds is 3. The summed E-state index contributed by atoms with van der Waals surface area (Å²) in [5.41, 5.74) is 1.48. The van der Waals surface area contributed by atoms with Gasteiger partial charge in [0.15, 0.2) is 0 Å². The average molecular weight is 324 g/mol. The topological polar surface area (TPSA) is 29.1 Å². The molecule has 0 aliphatic heterocycles. The van der Waals surface area contributed by atoms with Crippen LogP contribution in [0.25, 0.3) is 0 Å². The summed E-state index contributed by atoms with van der Waals surface area (Å²) in [6.45, 7) is 2.56. The number of benzene rings is 1. The fraction of sp³-hybridized carbons (Fsp3) is 0.300. The summed E-state index contributed by atoms with van der Waals surface area (Å²) in [7, 11) is 0. The van der Waals surface area contributed by atoms with Gasteiger partial charge in [-0.2, -0.15) is 0 Å². The van der Waals surface area contributed by atoms with E-state index in [0.29, 0.717) is 17.1 Å². The number of carbonyl (C=O) groups is 1. The van der Waals surface area contributed by atoms with Gasteiger partial charge in [0.2, 0.25) is 0 Å². The maximum atomic E-state index is 11.6. The lowest BCUT2D eigenvalue weighted by Crippen LogP contribution is -2.25. The fourth-order valence-electron chi connectivity index (χ4n) is 1.08. The van der Waals surface area contributed by atoms with Crippen molar-refractivity contribution in [3.63, 3.8) is 0 Å². The molecule has 4 heteroatoms. The number of aryl methyl sites for hydroxylation is 1. The van der Waals surface area contributed by atoms with Crippen LogP contribution in [0.15, 0.2) is 18.2 Å². The van der Waals surface area contributed by atoms with Crippen LogP contribution in [0.1, 0.15) is 15.9 Å². The molecule has 1 aromatic rings. The van der Waals surface area contributed by atoms with Crippen molar-refractivity contribution in [2.75, 3.05) is 11.0 Å². The summed E-state index contributed by atoms with van der Waals surface area (Å²) in [5, 5.41) is 3.33. The summed E-state index contributed by atoms with van der Waals surface area (Å²) >= 11 is 8.21. The highest BCUT2D eigenvalue weighted by Gasteiger charge is 2.10. The summed E-state index contributed by atoms with van der Waals surface area (Å²) in [5.74, 6) is -0.102. The van der Waals surface area contributed by atoms with Crippen LogP contribution in [0.2, 0.25) is 5.02 Å². The van der Waals surface area contributed by atoms with Gasteiger partial charge in [-0.15, -0.1) is 0 Å². The Labute approximate surface area is 102 Å². The van der Waals surface area contributed by atoms with E-state index in [9.17, 15) is 4.79 Å². The van der Waals surface area contributed by atoms with Crippen LogP contribution in [-0.2, 0) is 0 Å². The van der Waals surface area contributed by atoms with Gasteiger partial charge < -0.3 is 5.32 Å². The monoisotopic (exact) mass is 323 g/mol. The average Bonchev–Trinajstić information content (AvgIpc) is 2.18. The van der Waals surface area contributed by atoms with E-state index in [0.717, 1.165) is 9.99 Å². The molecule has 0 unspecified atom stereocenters. The highest BCUT2D eigenvalue weighted by Crippen LogP contribution is 2.19. The summed E-state index contributed by atoms with van der Waals surface area (Å²) in [4.78, 5) is 11.6. The van der Waals surface area contributed by atoms with Crippen LogP contribution in [0.5, 0.6) is 0 Å². The Kier molecular flexibility index (Phi) is 4.68. The molecule has 1 amide bonds. The normalized spacial score (nSPS) is 9.93. The van der Waals surface area contributed by atoms with Crippen molar-refractivity contribution in [3.8, 4) is 0 Å². The number of halogens is 2. The standard InChI is InChI=1S/C10H11ClINO/c1-7-3-2-4-8(9(7)11)10(14)13-6-5-12/h2-4H,5-6H2,1H3,(H,13,14). The Bertz CT molecular complexity index is 341. The minimum absolute atomic E-state index is 0.102. The van der Waals surface area contributed by atoms with E-state index in [1.165, 1.54) is 0 Å². The number of hydrogen-bond acceptors (Lipinski definition) is 1.